The van der Waals surface area contributed by atoms with Gasteiger partial charge in [-0.3, -0.25) is 0 Å². The molecule has 0 saturated heterocycles. The first-order chi connectivity index (χ1) is 53.4. The standard InChI is InChI=1S/C27H38NSSi.C26H36NSSi.C24H31ClNSSi.C24H32NSSi.12CH3.4Ti/c1-16-14-17(2)25(18(3)15-16)30(9,28-27(6,7)8)26-20(5)19(4)23-21-12-10-11-13-22(21)29-24(23)26;1-8-19-13-9-12-16-22(19)29(7,27-26(4,5)6)25-18(3)17(2)23-20-14-10-11-15-21(20)28-24(23)25;1-15-16(2)23(22-21(15)19-9-7-8-10-20(19)27-22)28(6,26-24(3,4)5)18-13-11-17(25)12-14-18;1-16-17(2)23(22-21(16)19-14-10-11-15-20(19)26-22)27(6,25-24(3,4)5)18-12-8-7-9-13-18;;;;;;;;;;;;;;;;/h10-15,19-20,23-24,26H,1-9H3;9-18,23-25H,8H2,1-7H3;7-16,21-23H,1-6H3;7-17,21-23H,1-6H3;12*1H3;;;;/q16*-1;4*+4. The molecule has 0 bridgehead atoms. The third-order valence-electron chi connectivity index (χ3n) is 28.6. The Balaban J connectivity index is -0.000000782. The van der Waals surface area contributed by atoms with Crippen LogP contribution in [-0.4, -0.2) is 76.1 Å². The zero-order valence-electron chi connectivity index (χ0n) is 88.5. The summed E-state index contributed by atoms with van der Waals surface area (Å²) >= 11 is 14.8. The third kappa shape index (κ3) is 26.9. The van der Waals surface area contributed by atoms with Crippen LogP contribution in [0.5, 0.6) is 0 Å². The van der Waals surface area contributed by atoms with E-state index < -0.39 is 32.9 Å². The van der Waals surface area contributed by atoms with Crippen molar-refractivity contribution < 1.29 is 86.9 Å². The molecule has 0 N–H and O–H groups in total. The second-order valence-electron chi connectivity index (χ2n) is 40.9. The predicted molar refractivity (Wildman–Crippen MR) is 592 cm³/mol. The molecule has 4 heterocycles. The molecule has 16 rings (SSSR count). The molecular weight excluding hydrogens is 1880 g/mol. The zero-order valence-corrected chi connectivity index (χ0v) is 103. The van der Waals surface area contributed by atoms with Crippen molar-refractivity contribution >= 4 is 112 Å². The van der Waals surface area contributed by atoms with Crippen molar-refractivity contribution in [2.24, 2.45) is 47.3 Å². The summed E-state index contributed by atoms with van der Waals surface area (Å²) in [6.07, 6.45) is 1.09. The van der Waals surface area contributed by atoms with Crippen molar-refractivity contribution in [1.29, 1.82) is 0 Å². The van der Waals surface area contributed by atoms with Crippen molar-refractivity contribution in [2.75, 3.05) is 0 Å². The van der Waals surface area contributed by atoms with Gasteiger partial charge < -0.3 is 109 Å². The molecule has 17 heteroatoms. The molecule has 4 aliphatic carbocycles. The second-order valence-corrected chi connectivity index (χ2v) is 61.2. The van der Waals surface area contributed by atoms with Gasteiger partial charge in [0, 0.05) is 45.6 Å². The van der Waals surface area contributed by atoms with Crippen molar-refractivity contribution in [1.82, 2.24) is 0 Å². The van der Waals surface area contributed by atoms with Gasteiger partial charge in [0.1, 0.15) is 0 Å². The molecule has 0 aromatic heterocycles. The molecule has 708 valence electrons. The molecule has 4 aliphatic heterocycles. The van der Waals surface area contributed by atoms with E-state index in [9.17, 15) is 0 Å². The number of benzene rings is 8. The Morgan fingerprint density at radius 1 is 0.300 bits per heavy atom. The van der Waals surface area contributed by atoms with E-state index in [1.54, 1.807) is 32.6 Å². The third-order valence-corrected chi connectivity index (χ3v) is 55.4. The largest absolute Gasteiger partial charge is 4.00 e. The number of thioether (sulfide) groups is 4. The molecule has 8 aliphatic rings. The number of hydrogen-bond donors (Lipinski definition) is 0. The van der Waals surface area contributed by atoms with E-state index in [2.05, 4.69) is 427 Å². The molecule has 4 saturated carbocycles. The van der Waals surface area contributed by atoms with Gasteiger partial charge in [-0.25, -0.2) is 0 Å². The summed E-state index contributed by atoms with van der Waals surface area (Å²) in [5, 5.41) is 9.51. The van der Waals surface area contributed by atoms with E-state index in [-0.39, 0.29) is 198 Å². The van der Waals surface area contributed by atoms with Crippen LogP contribution in [0.15, 0.2) is 208 Å². The zero-order chi connectivity index (χ0) is 82.6. The summed E-state index contributed by atoms with van der Waals surface area (Å²) in [6, 6.07) is 70.4. The molecule has 8 aromatic carbocycles. The van der Waals surface area contributed by atoms with Crippen molar-refractivity contribution in [3.05, 3.63) is 347 Å². The van der Waals surface area contributed by atoms with Gasteiger partial charge in [-0.05, 0) is 212 Å². The SMILES string of the molecule is CC1C(C)C([Si](C)([N-]C(C)(C)C)c2ccc(Cl)cc2)C2Sc3ccccc3C12.CC1C(C)C([Si](C)([N-]C(C)(C)C)c2ccccc2)C2Sc3ccccc3C12.CCc1ccccc1[Si](C)([N-]C(C)(C)C)C1C(C)C(C)C2c3ccccc3SC21.Cc1cc(C)c([Si](C)([N-]C(C)(C)C)C2C(C)C(C)C3c4ccccc4SC32)c(C)c1.[CH3-].[CH3-].[CH3-].[CH3-].[CH3-].[CH3-].[CH3-].[CH3-].[CH3-].[CH3-].[CH3-].[CH3-].[Ti+4].[Ti+4].[Ti+4].[Ti+4]. The fourth-order valence-electron chi connectivity index (χ4n) is 24.6. The average molecular weight is 2060 g/mol. The molecular formula is C113H173ClN4S4Si4Ti4. The fourth-order valence-corrected chi connectivity index (χ4v) is 57.3. The minimum Gasteiger partial charge on any atom is -0.656 e. The van der Waals surface area contributed by atoms with Crippen LogP contribution in [-0.2, 0) is 93.3 Å². The molecule has 130 heavy (non-hydrogen) atoms. The van der Waals surface area contributed by atoms with Crippen LogP contribution in [0, 0.1) is 157 Å². The minimum absolute atomic E-state index is 0. The number of aryl methyl sites for hydroxylation is 4. The van der Waals surface area contributed by atoms with Crippen molar-refractivity contribution in [3.63, 3.8) is 0 Å². The van der Waals surface area contributed by atoms with E-state index in [0.717, 1.165) is 11.4 Å². The van der Waals surface area contributed by atoms with Crippen molar-refractivity contribution in [2.45, 2.75) is 307 Å². The Morgan fingerprint density at radius 2 is 0.538 bits per heavy atom. The maximum Gasteiger partial charge on any atom is 4.00 e. The Bertz CT molecular complexity index is 4710. The molecule has 0 radical (unpaired) electrons. The predicted octanol–water partition coefficient (Wildman–Crippen LogP) is 33.8. The van der Waals surface area contributed by atoms with Gasteiger partial charge in [-0.15, -0.1) is 69.2 Å². The van der Waals surface area contributed by atoms with Gasteiger partial charge in [0.25, 0.3) is 0 Å². The van der Waals surface area contributed by atoms with E-state index in [4.69, 9.17) is 31.5 Å². The topological polar surface area (TPSA) is 56.4 Å². The Hall–Kier alpha value is -0.985. The van der Waals surface area contributed by atoms with E-state index in [0.29, 0.717) is 114 Å². The smallest absolute Gasteiger partial charge is 0.656 e. The second kappa shape index (κ2) is 52.7. The first-order valence-electron chi connectivity index (χ1n) is 43.4. The summed E-state index contributed by atoms with van der Waals surface area (Å²) in [4.78, 5) is 28.8. The van der Waals surface area contributed by atoms with Gasteiger partial charge >= 0.3 is 86.9 Å². The van der Waals surface area contributed by atoms with Crippen molar-refractivity contribution in [3.8, 4) is 0 Å². The van der Waals surface area contributed by atoms with Gasteiger partial charge in [0.15, 0.2) is 0 Å². The number of hydrogen-bond acceptors (Lipinski definition) is 4. The van der Waals surface area contributed by atoms with Crippen LogP contribution in [0.3, 0.4) is 0 Å². The Kier molecular flexibility index (Phi) is 54.8. The van der Waals surface area contributed by atoms with Crippen LogP contribution >= 0.6 is 58.6 Å². The number of nitrogens with zero attached hydrogens (tertiary/aromatic N) is 4. The van der Waals surface area contributed by atoms with Gasteiger partial charge in [0.05, 0.1) is 0 Å². The fraction of sp³-hybridized carbons (Fsp3) is 0.469. The summed E-state index contributed by atoms with van der Waals surface area (Å²) in [5.41, 5.74) is 14.6. The summed E-state index contributed by atoms with van der Waals surface area (Å²) in [7, 11) is -8.47. The summed E-state index contributed by atoms with van der Waals surface area (Å²) in [5.74, 6) is 8.20. The molecule has 24 atom stereocenters. The number of fused-ring (bicyclic) bond motifs is 12. The van der Waals surface area contributed by atoms with Crippen LogP contribution in [0.25, 0.3) is 19.9 Å². The molecule has 0 spiro atoms. The molecule has 24 unspecified atom stereocenters. The van der Waals surface area contributed by atoms with Crippen LogP contribution in [0.4, 0.5) is 0 Å². The first kappa shape index (κ1) is 135. The maximum absolute atomic E-state index is 6.24. The molecule has 4 nitrogen and oxygen atoms in total. The quantitative estimate of drug-likeness (QED) is 0.0853. The molecule has 0 amide bonds. The average Bonchev–Trinajstić information content (AvgIpc) is 1.57. The van der Waals surface area contributed by atoms with Crippen LogP contribution in [0.1, 0.15) is 214 Å². The summed E-state index contributed by atoms with van der Waals surface area (Å²) in [6.45, 7) is 66.8. The number of halogens is 1. The monoisotopic (exact) mass is 2050 g/mol. The van der Waals surface area contributed by atoms with Crippen LogP contribution in [0.2, 0.25) is 53.4 Å². The van der Waals surface area contributed by atoms with E-state index >= 15 is 0 Å². The first-order valence-corrected chi connectivity index (χ1v) is 57.4. The Morgan fingerprint density at radius 3 is 0.831 bits per heavy atom. The maximum atomic E-state index is 6.24. The molecule has 8 aromatic rings. The minimum atomic E-state index is -2.17. The van der Waals surface area contributed by atoms with Gasteiger partial charge in [-0.1, -0.05) is 378 Å². The molecule has 4 fully saturated rings. The van der Waals surface area contributed by atoms with Gasteiger partial charge in [-0.2, -0.15) is 0 Å². The van der Waals surface area contributed by atoms with Gasteiger partial charge in [0.2, 0.25) is 0 Å². The van der Waals surface area contributed by atoms with E-state index in [1.807, 2.05) is 0 Å². The summed E-state index contributed by atoms with van der Waals surface area (Å²) < 4.78 is 0. The normalized spacial score (nSPS) is 27.2. The van der Waals surface area contributed by atoms with E-state index in [1.165, 1.54) is 52.2 Å². The Labute approximate surface area is 890 Å². The van der Waals surface area contributed by atoms with Crippen LogP contribution < -0.4 is 20.7 Å². The number of rotatable bonds is 13.